The molecule has 1 aliphatic heterocycles. The number of anilines is 1. The number of nitrogens with zero attached hydrogens (tertiary/aromatic N) is 3. The Labute approximate surface area is 173 Å². The van der Waals surface area contributed by atoms with E-state index in [0.717, 1.165) is 43.2 Å². The van der Waals surface area contributed by atoms with E-state index in [9.17, 15) is 8.78 Å². The molecule has 3 N–H and O–H groups in total. The van der Waals surface area contributed by atoms with Gasteiger partial charge >= 0.3 is 0 Å². The van der Waals surface area contributed by atoms with Crippen molar-refractivity contribution in [3.63, 3.8) is 0 Å². The van der Waals surface area contributed by atoms with Gasteiger partial charge in [0.15, 0.2) is 5.11 Å². The van der Waals surface area contributed by atoms with Gasteiger partial charge in [-0.3, -0.25) is 10.3 Å². The Morgan fingerprint density at radius 3 is 2.62 bits per heavy atom. The molecule has 2 aromatic carbocycles. The highest BCUT2D eigenvalue weighted by Gasteiger charge is 2.21. The van der Waals surface area contributed by atoms with Crippen molar-refractivity contribution in [3.05, 3.63) is 59.2 Å². The van der Waals surface area contributed by atoms with Gasteiger partial charge < -0.3 is 15.4 Å². The molecule has 0 spiro atoms. The maximum Gasteiger partial charge on any atom is 0.184 e. The number of halogens is 2. The van der Waals surface area contributed by atoms with E-state index in [-0.39, 0.29) is 16.4 Å². The summed E-state index contributed by atoms with van der Waals surface area (Å²) in [5.74, 6) is -0.210. The van der Waals surface area contributed by atoms with Crippen LogP contribution >= 0.6 is 12.2 Å². The molecular weight excluding hydrogens is 396 g/mol. The fraction of sp³-hybridized carbons (Fsp3) is 0.300. The Morgan fingerprint density at radius 2 is 1.93 bits per heavy atom. The van der Waals surface area contributed by atoms with Crippen LogP contribution in [0.15, 0.2) is 41.5 Å². The molecule has 2 aromatic rings. The monoisotopic (exact) mass is 419 g/mol. The molecule has 29 heavy (non-hydrogen) atoms. The summed E-state index contributed by atoms with van der Waals surface area (Å²) in [6.07, 6.45) is 1.15. The van der Waals surface area contributed by atoms with Gasteiger partial charge in [-0.15, -0.1) is 0 Å². The number of benzene rings is 2. The zero-order chi connectivity index (χ0) is 20.8. The van der Waals surface area contributed by atoms with Crippen LogP contribution in [0.5, 0.6) is 5.75 Å². The second-order valence-electron chi connectivity index (χ2n) is 6.63. The number of nitrogens with two attached hydrogens (primary N) is 1. The molecule has 0 bridgehead atoms. The Balaban J connectivity index is 1.64. The Morgan fingerprint density at radius 1 is 1.21 bits per heavy atom. The molecule has 0 unspecified atom stereocenters. The molecule has 6 nitrogen and oxygen atoms in total. The molecule has 9 heteroatoms. The fourth-order valence-electron chi connectivity index (χ4n) is 3.28. The van der Waals surface area contributed by atoms with Crippen LogP contribution in [0.4, 0.5) is 14.5 Å². The minimum Gasteiger partial charge on any atom is -0.496 e. The minimum absolute atomic E-state index is 0.0183. The molecule has 1 heterocycles. The third kappa shape index (κ3) is 5.39. The third-order valence-corrected chi connectivity index (χ3v) is 4.84. The molecule has 0 aliphatic carbocycles. The lowest BCUT2D eigenvalue weighted by Crippen LogP contribution is -2.46. The van der Waals surface area contributed by atoms with Crippen molar-refractivity contribution in [2.75, 3.05) is 38.2 Å². The van der Waals surface area contributed by atoms with Crippen molar-refractivity contribution in [1.29, 1.82) is 0 Å². The summed E-state index contributed by atoms with van der Waals surface area (Å²) in [6.45, 7) is 3.42. The lowest BCUT2D eigenvalue weighted by Gasteiger charge is -2.36. The van der Waals surface area contributed by atoms with E-state index in [2.05, 4.69) is 27.6 Å². The van der Waals surface area contributed by atoms with Crippen LogP contribution in [0.3, 0.4) is 0 Å². The molecule has 0 radical (unpaired) electrons. The topological polar surface area (TPSA) is 66.1 Å². The van der Waals surface area contributed by atoms with Crippen molar-refractivity contribution >= 4 is 29.2 Å². The average molecular weight is 420 g/mol. The van der Waals surface area contributed by atoms with Crippen molar-refractivity contribution in [3.8, 4) is 5.75 Å². The Hall–Kier alpha value is -2.78. The van der Waals surface area contributed by atoms with Crippen LogP contribution in [-0.2, 0) is 6.54 Å². The van der Waals surface area contributed by atoms with Gasteiger partial charge in [0.25, 0.3) is 0 Å². The second kappa shape index (κ2) is 9.62. The number of nitrogens with one attached hydrogen (secondary N) is 1. The van der Waals surface area contributed by atoms with Gasteiger partial charge in [-0.2, -0.15) is 5.10 Å². The normalized spacial score (nSPS) is 14.9. The van der Waals surface area contributed by atoms with Crippen LogP contribution in [-0.4, -0.2) is 49.5 Å². The molecular formula is C20H23F2N5OS. The van der Waals surface area contributed by atoms with Gasteiger partial charge in [0.2, 0.25) is 0 Å². The van der Waals surface area contributed by atoms with Crippen LogP contribution < -0.4 is 20.8 Å². The van der Waals surface area contributed by atoms with E-state index >= 15 is 0 Å². The van der Waals surface area contributed by atoms with E-state index in [0.29, 0.717) is 13.1 Å². The maximum atomic E-state index is 14.6. The lowest BCUT2D eigenvalue weighted by atomic mass is 10.1. The third-order valence-electron chi connectivity index (χ3n) is 4.74. The first kappa shape index (κ1) is 20.9. The zero-order valence-corrected chi connectivity index (χ0v) is 16.9. The number of para-hydroxylation sites is 1. The van der Waals surface area contributed by atoms with Gasteiger partial charge in [-0.05, 0) is 24.4 Å². The molecule has 1 aliphatic rings. The average Bonchev–Trinajstić information content (AvgIpc) is 2.71. The van der Waals surface area contributed by atoms with Gasteiger partial charge in [-0.1, -0.05) is 18.2 Å². The molecule has 0 atom stereocenters. The minimum atomic E-state index is -0.564. The molecule has 0 amide bonds. The molecule has 1 fully saturated rings. The van der Waals surface area contributed by atoms with E-state index in [1.165, 1.54) is 6.07 Å². The first-order chi connectivity index (χ1) is 14.0. The van der Waals surface area contributed by atoms with Gasteiger partial charge in [0, 0.05) is 49.9 Å². The predicted octanol–water partition coefficient (Wildman–Crippen LogP) is 2.46. The quantitative estimate of drug-likeness (QED) is 0.426. The van der Waals surface area contributed by atoms with Crippen LogP contribution in [0, 0.1) is 11.6 Å². The summed E-state index contributed by atoms with van der Waals surface area (Å²) < 4.78 is 34.3. The largest absolute Gasteiger partial charge is 0.496 e. The van der Waals surface area contributed by atoms with Gasteiger partial charge in [0.05, 0.1) is 19.0 Å². The summed E-state index contributed by atoms with van der Waals surface area (Å²) in [4.78, 5) is 4.12. The predicted molar refractivity (Wildman–Crippen MR) is 114 cm³/mol. The van der Waals surface area contributed by atoms with Crippen molar-refractivity contribution in [2.24, 2.45) is 10.8 Å². The lowest BCUT2D eigenvalue weighted by molar-refractivity contribution is 0.245. The number of hydrazone groups is 1. The zero-order valence-electron chi connectivity index (χ0n) is 16.1. The molecule has 154 valence electrons. The summed E-state index contributed by atoms with van der Waals surface area (Å²) >= 11 is 4.61. The number of hydrogen-bond donors (Lipinski definition) is 2. The standard InChI is InChI=1S/C20H23F2N5OS/c1-28-19-5-3-2-4-14(19)13-26-6-8-27(9-7-26)18-11-16(21)15(10-17(18)22)12-24-25-20(23)29/h2-5,10-12H,6-9,13H2,1H3,(H3,23,25,29). The molecule has 1 saturated heterocycles. The molecule has 3 rings (SSSR count). The van der Waals surface area contributed by atoms with Crippen LogP contribution in [0.25, 0.3) is 0 Å². The highest BCUT2D eigenvalue weighted by atomic mass is 32.1. The van der Waals surface area contributed by atoms with Crippen molar-refractivity contribution in [1.82, 2.24) is 10.3 Å². The number of rotatable bonds is 6. The highest BCUT2D eigenvalue weighted by Crippen LogP contribution is 2.25. The summed E-state index contributed by atoms with van der Waals surface area (Å²) in [6, 6.07) is 10.2. The molecule has 0 aromatic heterocycles. The summed E-state index contributed by atoms with van der Waals surface area (Å²) in [7, 11) is 1.66. The first-order valence-corrected chi connectivity index (χ1v) is 9.55. The van der Waals surface area contributed by atoms with E-state index < -0.39 is 11.6 Å². The maximum absolute atomic E-state index is 14.6. The smallest absolute Gasteiger partial charge is 0.184 e. The van der Waals surface area contributed by atoms with Gasteiger partial charge in [0.1, 0.15) is 17.4 Å². The number of hydrogen-bond acceptors (Lipinski definition) is 5. The number of piperazine rings is 1. The van der Waals surface area contributed by atoms with Crippen molar-refractivity contribution in [2.45, 2.75) is 6.54 Å². The second-order valence-corrected chi connectivity index (χ2v) is 7.07. The SMILES string of the molecule is COc1ccccc1CN1CCN(c2cc(F)c(C=NNC(N)=S)cc2F)CC1. The first-order valence-electron chi connectivity index (χ1n) is 9.14. The highest BCUT2D eigenvalue weighted by molar-refractivity contribution is 7.80. The number of thiocarbonyl (C=S) groups is 1. The Kier molecular flexibility index (Phi) is 6.95. The number of ether oxygens (including phenoxy) is 1. The number of methoxy groups -OCH3 is 1. The van der Waals surface area contributed by atoms with Crippen LogP contribution in [0.2, 0.25) is 0 Å². The van der Waals surface area contributed by atoms with E-state index in [4.69, 9.17) is 10.5 Å². The molecule has 0 saturated carbocycles. The fourth-order valence-corrected chi connectivity index (χ4v) is 3.33. The van der Waals surface area contributed by atoms with Crippen LogP contribution in [0.1, 0.15) is 11.1 Å². The Bertz CT molecular complexity index is 900. The van der Waals surface area contributed by atoms with Gasteiger partial charge in [-0.25, -0.2) is 8.78 Å². The van der Waals surface area contributed by atoms with E-state index in [1.54, 1.807) is 7.11 Å². The summed E-state index contributed by atoms with van der Waals surface area (Å²) in [5.41, 5.74) is 8.93. The van der Waals surface area contributed by atoms with E-state index in [1.807, 2.05) is 29.2 Å². The summed E-state index contributed by atoms with van der Waals surface area (Å²) in [5, 5.41) is 3.62. The van der Waals surface area contributed by atoms with Crippen molar-refractivity contribution < 1.29 is 13.5 Å².